The van der Waals surface area contributed by atoms with Crippen LogP contribution in [0.4, 0.5) is 0 Å². The van der Waals surface area contributed by atoms with Gasteiger partial charge in [-0.2, -0.15) is 0 Å². The Morgan fingerprint density at radius 3 is 2.59 bits per heavy atom. The Morgan fingerprint density at radius 1 is 1.11 bits per heavy atom. The minimum atomic E-state index is -0.621. The summed E-state index contributed by atoms with van der Waals surface area (Å²) in [5.41, 5.74) is 1.77. The van der Waals surface area contributed by atoms with Crippen molar-refractivity contribution in [3.8, 4) is 11.5 Å². The summed E-state index contributed by atoms with van der Waals surface area (Å²) in [7, 11) is 0. The molecule has 0 spiro atoms. The zero-order chi connectivity index (χ0) is 19.0. The van der Waals surface area contributed by atoms with E-state index in [0.29, 0.717) is 27.6 Å². The van der Waals surface area contributed by atoms with Gasteiger partial charge in [0, 0.05) is 10.6 Å². The monoisotopic (exact) mass is 380 g/mol. The van der Waals surface area contributed by atoms with Crippen LogP contribution in [0, 0.1) is 6.92 Å². The average Bonchev–Trinajstić information content (AvgIpc) is 3.29. The summed E-state index contributed by atoms with van der Waals surface area (Å²) in [5, 5.41) is 0.609. The summed E-state index contributed by atoms with van der Waals surface area (Å²) >= 11 is 5.88. The van der Waals surface area contributed by atoms with Crippen LogP contribution in [0.25, 0.3) is 6.08 Å². The van der Waals surface area contributed by atoms with Crippen molar-refractivity contribution in [1.82, 2.24) is 0 Å². The molecule has 27 heavy (non-hydrogen) atoms. The van der Waals surface area contributed by atoms with Crippen LogP contribution in [-0.4, -0.2) is 11.8 Å². The second-order valence-corrected chi connectivity index (χ2v) is 6.36. The van der Waals surface area contributed by atoms with E-state index in [4.69, 9.17) is 25.5 Å². The molecule has 0 unspecified atom stereocenters. The molecule has 0 atom stereocenters. The molecule has 3 aromatic rings. The standard InChI is InChI=1S/C21H13ClO5/c1-12-16(27-21(24)17-3-2-10-25-17)9-8-15-19(23)18(26-20(12)15)11-13-4-6-14(22)7-5-13/h2-11H,1H3/b18-11-. The molecule has 2 heterocycles. The average molecular weight is 381 g/mol. The molecule has 0 radical (unpaired) electrons. The number of allylic oxidation sites excluding steroid dienone is 1. The number of fused-ring (bicyclic) bond motifs is 1. The van der Waals surface area contributed by atoms with Gasteiger partial charge in [0.15, 0.2) is 5.76 Å². The van der Waals surface area contributed by atoms with E-state index in [1.54, 1.807) is 55.5 Å². The van der Waals surface area contributed by atoms with Crippen LogP contribution < -0.4 is 9.47 Å². The molecule has 0 N–H and O–H groups in total. The van der Waals surface area contributed by atoms with E-state index in [1.807, 2.05) is 0 Å². The highest BCUT2D eigenvalue weighted by atomic mass is 35.5. The van der Waals surface area contributed by atoms with Gasteiger partial charge in [0.25, 0.3) is 0 Å². The minimum Gasteiger partial charge on any atom is -0.457 e. The number of ketones is 1. The Labute approximate surface area is 159 Å². The van der Waals surface area contributed by atoms with E-state index in [9.17, 15) is 9.59 Å². The number of carbonyl (C=O) groups excluding carboxylic acids is 2. The molecule has 0 aliphatic carbocycles. The van der Waals surface area contributed by atoms with E-state index < -0.39 is 5.97 Å². The molecular weight excluding hydrogens is 368 g/mol. The highest BCUT2D eigenvalue weighted by Gasteiger charge is 2.30. The van der Waals surface area contributed by atoms with Crippen LogP contribution in [0.5, 0.6) is 11.5 Å². The Kier molecular flexibility index (Phi) is 4.30. The van der Waals surface area contributed by atoms with Gasteiger partial charge in [-0.15, -0.1) is 0 Å². The molecule has 0 fully saturated rings. The highest BCUT2D eigenvalue weighted by Crippen LogP contribution is 2.39. The van der Waals surface area contributed by atoms with Crippen molar-refractivity contribution in [2.24, 2.45) is 0 Å². The summed E-state index contributed by atoms with van der Waals surface area (Å²) in [6.07, 6.45) is 3.04. The third-order valence-electron chi connectivity index (χ3n) is 4.13. The van der Waals surface area contributed by atoms with Crippen LogP contribution in [0.15, 0.2) is 65.0 Å². The Bertz CT molecular complexity index is 1060. The quantitative estimate of drug-likeness (QED) is 0.360. The lowest BCUT2D eigenvalue weighted by molar-refractivity contribution is 0.0700. The topological polar surface area (TPSA) is 65.7 Å². The zero-order valence-electron chi connectivity index (χ0n) is 14.2. The predicted molar refractivity (Wildman–Crippen MR) is 99.2 cm³/mol. The molecule has 1 aromatic heterocycles. The number of hydrogen-bond donors (Lipinski definition) is 0. The molecule has 0 saturated carbocycles. The summed E-state index contributed by atoms with van der Waals surface area (Å²) in [6, 6.07) is 13.3. The molecule has 0 bridgehead atoms. The van der Waals surface area contributed by atoms with Gasteiger partial charge in [-0.25, -0.2) is 4.79 Å². The van der Waals surface area contributed by atoms with Crippen molar-refractivity contribution in [3.05, 3.63) is 88.0 Å². The fraction of sp³-hybridized carbons (Fsp3) is 0.0476. The molecule has 0 saturated heterocycles. The van der Waals surface area contributed by atoms with Crippen molar-refractivity contribution in [1.29, 1.82) is 0 Å². The molecule has 4 rings (SSSR count). The second kappa shape index (κ2) is 6.78. The largest absolute Gasteiger partial charge is 0.457 e. The summed E-state index contributed by atoms with van der Waals surface area (Å²) in [5.74, 6) is 0.122. The maximum Gasteiger partial charge on any atom is 0.379 e. The number of halogens is 1. The number of Topliss-reactive ketones (excluding diaryl/α,β-unsaturated/α-hetero) is 1. The number of rotatable bonds is 3. The highest BCUT2D eigenvalue weighted by molar-refractivity contribution is 6.30. The van der Waals surface area contributed by atoms with E-state index in [0.717, 1.165) is 5.56 Å². The lowest BCUT2D eigenvalue weighted by atomic mass is 10.1. The van der Waals surface area contributed by atoms with Gasteiger partial charge in [0.05, 0.1) is 11.8 Å². The molecule has 0 amide bonds. The van der Waals surface area contributed by atoms with Crippen LogP contribution in [-0.2, 0) is 0 Å². The first-order chi connectivity index (χ1) is 13.0. The number of ether oxygens (including phenoxy) is 2. The predicted octanol–water partition coefficient (Wildman–Crippen LogP) is 5.08. The van der Waals surface area contributed by atoms with Crippen molar-refractivity contribution in [3.63, 3.8) is 0 Å². The second-order valence-electron chi connectivity index (χ2n) is 5.92. The van der Waals surface area contributed by atoms with Gasteiger partial charge in [-0.3, -0.25) is 4.79 Å². The first kappa shape index (κ1) is 17.1. The summed E-state index contributed by atoms with van der Waals surface area (Å²) in [4.78, 5) is 24.7. The Hall–Kier alpha value is -3.31. The number of carbonyl (C=O) groups is 2. The maximum absolute atomic E-state index is 12.6. The molecule has 5 nitrogen and oxygen atoms in total. The van der Waals surface area contributed by atoms with Gasteiger partial charge in [-0.1, -0.05) is 23.7 Å². The zero-order valence-corrected chi connectivity index (χ0v) is 14.9. The van der Waals surface area contributed by atoms with Crippen LogP contribution in [0.1, 0.15) is 32.0 Å². The Morgan fingerprint density at radius 2 is 1.89 bits per heavy atom. The van der Waals surface area contributed by atoms with Crippen molar-refractivity contribution < 1.29 is 23.5 Å². The molecule has 1 aliphatic rings. The van der Waals surface area contributed by atoms with E-state index >= 15 is 0 Å². The van der Waals surface area contributed by atoms with Gasteiger partial charge in [0.1, 0.15) is 11.5 Å². The van der Waals surface area contributed by atoms with E-state index in [2.05, 4.69) is 0 Å². The fourth-order valence-electron chi connectivity index (χ4n) is 2.73. The number of benzene rings is 2. The van der Waals surface area contributed by atoms with Gasteiger partial charge >= 0.3 is 5.97 Å². The van der Waals surface area contributed by atoms with Crippen LogP contribution >= 0.6 is 11.6 Å². The molecule has 6 heteroatoms. The van der Waals surface area contributed by atoms with Crippen molar-refractivity contribution in [2.45, 2.75) is 6.92 Å². The third-order valence-corrected chi connectivity index (χ3v) is 4.38. The minimum absolute atomic E-state index is 0.0928. The third kappa shape index (κ3) is 3.25. The Balaban J connectivity index is 1.62. The summed E-state index contributed by atoms with van der Waals surface area (Å²) in [6.45, 7) is 1.72. The SMILES string of the molecule is Cc1c(OC(=O)c2ccco2)ccc2c1O/C(=C\c1ccc(Cl)cc1)C2=O. The lowest BCUT2D eigenvalue weighted by Gasteiger charge is -2.09. The van der Waals surface area contributed by atoms with E-state index in [1.165, 1.54) is 12.3 Å². The van der Waals surface area contributed by atoms with Gasteiger partial charge in [0.2, 0.25) is 11.5 Å². The molecule has 134 valence electrons. The van der Waals surface area contributed by atoms with Gasteiger partial charge < -0.3 is 13.9 Å². The molecule has 2 aromatic carbocycles. The first-order valence-corrected chi connectivity index (χ1v) is 8.50. The maximum atomic E-state index is 12.6. The summed E-state index contributed by atoms with van der Waals surface area (Å²) < 4.78 is 16.2. The fourth-order valence-corrected chi connectivity index (χ4v) is 2.86. The number of hydrogen-bond acceptors (Lipinski definition) is 5. The smallest absolute Gasteiger partial charge is 0.379 e. The number of furan rings is 1. The van der Waals surface area contributed by atoms with E-state index in [-0.39, 0.29) is 17.3 Å². The lowest BCUT2D eigenvalue weighted by Crippen LogP contribution is -2.08. The molecule has 1 aliphatic heterocycles. The van der Waals surface area contributed by atoms with Crippen LogP contribution in [0.2, 0.25) is 5.02 Å². The number of esters is 1. The van der Waals surface area contributed by atoms with Crippen molar-refractivity contribution in [2.75, 3.05) is 0 Å². The van der Waals surface area contributed by atoms with Gasteiger partial charge in [-0.05, 0) is 55.0 Å². The first-order valence-electron chi connectivity index (χ1n) is 8.12. The van der Waals surface area contributed by atoms with Crippen molar-refractivity contribution >= 4 is 29.4 Å². The van der Waals surface area contributed by atoms with Crippen LogP contribution in [0.3, 0.4) is 0 Å². The normalized spacial score (nSPS) is 14.1. The molecular formula is C21H13ClO5.